The van der Waals surface area contributed by atoms with Gasteiger partial charge in [-0.1, -0.05) is 154 Å². The van der Waals surface area contributed by atoms with Crippen molar-refractivity contribution in [2.24, 2.45) is 9.98 Å². The molecule has 2 heterocycles. The Bertz CT molecular complexity index is 807. The number of nitrogens with one attached hydrogen (secondary N) is 1. The molecule has 0 bridgehead atoms. The van der Waals surface area contributed by atoms with Crippen molar-refractivity contribution in [3.63, 3.8) is 0 Å². The second-order valence-electron chi connectivity index (χ2n) is 15.8. The molecule has 0 fully saturated rings. The Labute approximate surface area is 319 Å². The Morgan fingerprint density at radius 1 is 0.431 bits per heavy atom. The Morgan fingerprint density at radius 2 is 0.745 bits per heavy atom. The van der Waals surface area contributed by atoms with E-state index in [2.05, 4.69) is 53.3 Å². The minimum absolute atomic E-state index is 0.882. The zero-order valence-corrected chi connectivity index (χ0v) is 34.5. The lowest BCUT2D eigenvalue weighted by Crippen LogP contribution is -2.46. The third-order valence-corrected chi connectivity index (χ3v) is 10.9. The van der Waals surface area contributed by atoms with Crippen molar-refractivity contribution in [1.29, 1.82) is 0 Å². The number of nitrogens with zero attached hydrogens (tertiary/aromatic N) is 4. The number of hydrogen-bond acceptors (Lipinski definition) is 5. The summed E-state index contributed by atoms with van der Waals surface area (Å²) in [6.07, 6.45) is 50.5. The number of unbranched alkanes of at least 4 members (excludes halogenated alkanes) is 24. The van der Waals surface area contributed by atoms with Crippen molar-refractivity contribution in [2.45, 2.75) is 206 Å². The minimum atomic E-state index is 0.882. The molecule has 0 radical (unpaired) electrons. The molecule has 0 atom stereocenters. The minimum Gasteiger partial charge on any atom is -0.359 e. The van der Waals surface area contributed by atoms with Gasteiger partial charge < -0.3 is 15.1 Å². The highest BCUT2D eigenvalue weighted by Gasteiger charge is 2.17. The molecule has 0 saturated heterocycles. The fraction of sp³-hybridized carbons (Fsp3) is 0.870. The second kappa shape index (κ2) is 35.4. The van der Waals surface area contributed by atoms with Crippen LogP contribution >= 0.6 is 0 Å². The molecule has 2 aliphatic heterocycles. The lowest BCUT2D eigenvalue weighted by atomic mass is 10.1. The Balaban J connectivity index is 1.45. The summed E-state index contributed by atoms with van der Waals surface area (Å²) in [7, 11) is 0. The zero-order valence-electron chi connectivity index (χ0n) is 34.5. The van der Waals surface area contributed by atoms with Gasteiger partial charge in [-0.05, 0) is 77.0 Å². The summed E-state index contributed by atoms with van der Waals surface area (Å²) in [6, 6.07) is 0. The maximum atomic E-state index is 4.95. The summed E-state index contributed by atoms with van der Waals surface area (Å²) in [5, 5.41) is 3.74. The molecule has 5 heteroatoms. The standard InChI is InChI=1S/C46H87N5/c1-3-5-7-9-11-13-15-17-19-21-23-25-27-29-31-33-39-50-41-35-37-48-45(50)43-47-44-46-49-38-36-42-51(46)40-34-32-30-28-26-24-22-20-18-16-14-12-10-8-6-4-2/h17-20,47H,3-16,21-44H2,1-2H3/b19-17-,20-18-. The van der Waals surface area contributed by atoms with Crippen molar-refractivity contribution in [3.05, 3.63) is 24.3 Å². The van der Waals surface area contributed by atoms with E-state index in [1.807, 2.05) is 0 Å². The predicted molar refractivity (Wildman–Crippen MR) is 229 cm³/mol. The van der Waals surface area contributed by atoms with Crippen LogP contribution in [0.1, 0.15) is 206 Å². The lowest BCUT2D eigenvalue weighted by molar-refractivity contribution is 0.366. The molecule has 0 unspecified atom stereocenters. The molecule has 0 spiro atoms. The van der Waals surface area contributed by atoms with Gasteiger partial charge in [0.1, 0.15) is 11.7 Å². The summed E-state index contributed by atoms with van der Waals surface area (Å²) in [5.41, 5.74) is 0. The van der Waals surface area contributed by atoms with Crippen LogP contribution in [0.5, 0.6) is 0 Å². The SMILES string of the molecule is CCCCCCCC/C=C\CCCCCCCCN1CCCN=C1CNCC1=NCCCN1CCCCCCCC/C=C\CCCCCCCC. The molecule has 2 aliphatic rings. The van der Waals surface area contributed by atoms with Gasteiger partial charge in [-0.2, -0.15) is 0 Å². The third-order valence-electron chi connectivity index (χ3n) is 10.9. The van der Waals surface area contributed by atoms with Crippen LogP contribution in [0, 0.1) is 0 Å². The number of hydrogen-bond donors (Lipinski definition) is 1. The number of rotatable bonds is 36. The summed E-state index contributed by atoms with van der Waals surface area (Å²) < 4.78 is 0. The van der Waals surface area contributed by atoms with Crippen LogP contribution in [0.2, 0.25) is 0 Å². The van der Waals surface area contributed by atoms with Gasteiger partial charge in [0.15, 0.2) is 0 Å². The van der Waals surface area contributed by atoms with Crippen molar-refractivity contribution in [3.8, 4) is 0 Å². The van der Waals surface area contributed by atoms with E-state index >= 15 is 0 Å². The van der Waals surface area contributed by atoms with Crippen molar-refractivity contribution < 1.29 is 0 Å². The fourth-order valence-corrected chi connectivity index (χ4v) is 7.60. The van der Waals surface area contributed by atoms with Crippen LogP contribution in [0.3, 0.4) is 0 Å². The highest BCUT2D eigenvalue weighted by Crippen LogP contribution is 2.14. The predicted octanol–water partition coefficient (Wildman–Crippen LogP) is 12.9. The van der Waals surface area contributed by atoms with Gasteiger partial charge in [0.25, 0.3) is 0 Å². The third kappa shape index (κ3) is 26.7. The molecule has 5 nitrogen and oxygen atoms in total. The van der Waals surface area contributed by atoms with Crippen LogP contribution in [0.15, 0.2) is 34.3 Å². The number of allylic oxidation sites excluding steroid dienone is 4. The molecular formula is C46H87N5. The molecule has 51 heavy (non-hydrogen) atoms. The Kier molecular flexibility index (Phi) is 31.6. The van der Waals surface area contributed by atoms with Gasteiger partial charge in [0.2, 0.25) is 0 Å². The van der Waals surface area contributed by atoms with Gasteiger partial charge >= 0.3 is 0 Å². The first-order chi connectivity index (χ1) is 25.3. The van der Waals surface area contributed by atoms with E-state index < -0.39 is 0 Å². The number of amidine groups is 2. The summed E-state index contributed by atoms with van der Waals surface area (Å²) in [5.74, 6) is 2.57. The number of aliphatic imine (C=N–C) groups is 2. The topological polar surface area (TPSA) is 43.2 Å². The van der Waals surface area contributed by atoms with Gasteiger partial charge in [0.05, 0.1) is 13.1 Å². The van der Waals surface area contributed by atoms with E-state index in [9.17, 15) is 0 Å². The molecule has 1 N–H and O–H groups in total. The molecule has 0 amide bonds. The maximum Gasteiger partial charge on any atom is 0.113 e. The molecular weight excluding hydrogens is 623 g/mol. The summed E-state index contributed by atoms with van der Waals surface area (Å²) in [6.45, 7) is 13.0. The normalized spacial score (nSPS) is 15.4. The quantitative estimate of drug-likeness (QED) is 0.0520. The Morgan fingerprint density at radius 3 is 1.10 bits per heavy atom. The smallest absolute Gasteiger partial charge is 0.113 e. The van der Waals surface area contributed by atoms with Crippen LogP contribution in [-0.2, 0) is 0 Å². The van der Waals surface area contributed by atoms with Crippen molar-refractivity contribution in [1.82, 2.24) is 15.1 Å². The van der Waals surface area contributed by atoms with Gasteiger partial charge in [-0.3, -0.25) is 9.98 Å². The average molecular weight is 710 g/mol. The van der Waals surface area contributed by atoms with E-state index in [-0.39, 0.29) is 0 Å². The second-order valence-corrected chi connectivity index (χ2v) is 15.8. The van der Waals surface area contributed by atoms with Gasteiger partial charge in [-0.25, -0.2) is 0 Å². The molecule has 0 aromatic heterocycles. The zero-order chi connectivity index (χ0) is 36.1. The van der Waals surface area contributed by atoms with E-state index in [1.54, 1.807) is 0 Å². The van der Waals surface area contributed by atoms with Crippen molar-refractivity contribution in [2.75, 3.05) is 52.4 Å². The molecule has 0 saturated carbocycles. The molecule has 296 valence electrons. The van der Waals surface area contributed by atoms with E-state index in [0.29, 0.717) is 0 Å². The summed E-state index contributed by atoms with van der Waals surface area (Å²) >= 11 is 0. The van der Waals surface area contributed by atoms with Gasteiger partial charge in [0, 0.05) is 39.3 Å². The highest BCUT2D eigenvalue weighted by molar-refractivity contribution is 5.87. The summed E-state index contributed by atoms with van der Waals surface area (Å²) in [4.78, 5) is 15.0. The largest absolute Gasteiger partial charge is 0.359 e. The highest BCUT2D eigenvalue weighted by atomic mass is 15.2. The molecule has 0 aromatic rings. The van der Waals surface area contributed by atoms with Crippen LogP contribution in [0.25, 0.3) is 0 Å². The lowest BCUT2D eigenvalue weighted by Gasteiger charge is -2.32. The first kappa shape index (κ1) is 45.5. The van der Waals surface area contributed by atoms with Crippen LogP contribution in [-0.4, -0.2) is 73.8 Å². The molecule has 0 aliphatic carbocycles. The first-order valence-electron chi connectivity index (χ1n) is 22.9. The fourth-order valence-electron chi connectivity index (χ4n) is 7.60. The van der Waals surface area contributed by atoms with E-state index in [1.165, 1.54) is 230 Å². The molecule has 0 aromatic carbocycles. The monoisotopic (exact) mass is 710 g/mol. The first-order valence-corrected chi connectivity index (χ1v) is 22.9. The van der Waals surface area contributed by atoms with Gasteiger partial charge in [-0.15, -0.1) is 0 Å². The van der Waals surface area contributed by atoms with Crippen LogP contribution < -0.4 is 5.32 Å². The maximum absolute atomic E-state index is 4.95. The van der Waals surface area contributed by atoms with E-state index in [0.717, 1.165) is 26.2 Å². The molecule has 2 rings (SSSR count). The Hall–Kier alpha value is -1.62. The van der Waals surface area contributed by atoms with E-state index in [4.69, 9.17) is 9.98 Å². The van der Waals surface area contributed by atoms with Crippen molar-refractivity contribution >= 4 is 11.7 Å². The average Bonchev–Trinajstić information content (AvgIpc) is 3.15. The van der Waals surface area contributed by atoms with Crippen LogP contribution in [0.4, 0.5) is 0 Å².